The summed E-state index contributed by atoms with van der Waals surface area (Å²) in [4.78, 5) is 25.7. The third-order valence-electron chi connectivity index (χ3n) is 4.44. The minimum atomic E-state index is -0.655. The minimum absolute atomic E-state index is 0.0447. The van der Waals surface area contributed by atoms with Crippen LogP contribution in [0.1, 0.15) is 17.7 Å². The van der Waals surface area contributed by atoms with Gasteiger partial charge in [0.2, 0.25) is 0 Å². The number of nitrogens with one attached hydrogen (secondary N) is 1. The van der Waals surface area contributed by atoms with E-state index in [-0.39, 0.29) is 12.6 Å². The maximum atomic E-state index is 12.2. The molecule has 0 spiro atoms. The average Bonchev–Trinajstić information content (AvgIpc) is 3.29. The molecule has 1 aromatic heterocycles. The van der Waals surface area contributed by atoms with Crippen LogP contribution in [0.4, 0.5) is 0 Å². The van der Waals surface area contributed by atoms with Crippen molar-refractivity contribution in [2.24, 2.45) is 0 Å². The molecule has 3 rings (SSSR count). The first-order valence-electron chi connectivity index (χ1n) is 8.21. The van der Waals surface area contributed by atoms with Gasteiger partial charge >= 0.3 is 11.8 Å². The molecule has 1 aliphatic heterocycles. The van der Waals surface area contributed by atoms with Crippen LogP contribution in [0, 0.1) is 6.92 Å². The molecule has 7 heteroatoms. The number of ether oxygens (including phenoxy) is 1. The minimum Gasteiger partial charge on any atom is -0.379 e. The molecule has 1 atom stereocenters. The third-order valence-corrected chi connectivity index (χ3v) is 4.44. The number of hydrogen-bond acceptors (Lipinski definition) is 5. The Morgan fingerprint density at radius 1 is 1.32 bits per heavy atom. The molecule has 1 N–H and O–H groups in total. The lowest BCUT2D eigenvalue weighted by Crippen LogP contribution is -2.45. The van der Waals surface area contributed by atoms with Crippen LogP contribution in [0.25, 0.3) is 11.3 Å². The van der Waals surface area contributed by atoms with Crippen LogP contribution in [0.3, 0.4) is 0 Å². The number of nitrogens with zero attached hydrogens (tertiary/aromatic N) is 2. The molecule has 0 bridgehead atoms. The zero-order chi connectivity index (χ0) is 17.8. The van der Waals surface area contributed by atoms with E-state index in [0.29, 0.717) is 24.7 Å². The molecule has 1 aromatic carbocycles. The predicted molar refractivity (Wildman–Crippen MR) is 90.5 cm³/mol. The third kappa shape index (κ3) is 3.71. The molecule has 7 nitrogen and oxygen atoms in total. The Hall–Kier alpha value is -2.67. The normalized spacial score (nSPS) is 16.6. The van der Waals surface area contributed by atoms with E-state index < -0.39 is 11.8 Å². The zero-order valence-electron chi connectivity index (χ0n) is 14.3. The first-order valence-corrected chi connectivity index (χ1v) is 8.21. The highest BCUT2D eigenvalue weighted by molar-refractivity contribution is 6.34. The first-order chi connectivity index (χ1) is 12.1. The summed E-state index contributed by atoms with van der Waals surface area (Å²) >= 11 is 0. The van der Waals surface area contributed by atoms with E-state index >= 15 is 0 Å². The molecular formula is C18H21N3O4. The van der Waals surface area contributed by atoms with Gasteiger partial charge in [0.25, 0.3) is 0 Å². The summed E-state index contributed by atoms with van der Waals surface area (Å²) in [6, 6.07) is 9.57. The molecule has 1 saturated heterocycles. The molecule has 2 heterocycles. The van der Waals surface area contributed by atoms with E-state index in [1.165, 1.54) is 4.90 Å². The second-order valence-corrected chi connectivity index (χ2v) is 6.07. The predicted octanol–water partition coefficient (Wildman–Crippen LogP) is 1.51. The summed E-state index contributed by atoms with van der Waals surface area (Å²) in [5.74, 6) is -0.561. The molecule has 0 radical (unpaired) electrons. The highest BCUT2D eigenvalue weighted by atomic mass is 16.5. The fraction of sp³-hybridized carbons (Fsp3) is 0.389. The maximum absolute atomic E-state index is 12.2. The van der Waals surface area contributed by atoms with Crippen LogP contribution in [-0.4, -0.2) is 48.2 Å². The van der Waals surface area contributed by atoms with Gasteiger partial charge < -0.3 is 19.5 Å². The fourth-order valence-electron chi connectivity index (χ4n) is 2.79. The Bertz CT molecular complexity index is 751. The Kier molecular flexibility index (Phi) is 5.14. The Morgan fingerprint density at radius 2 is 2.08 bits per heavy atom. The lowest BCUT2D eigenvalue weighted by Gasteiger charge is -2.22. The van der Waals surface area contributed by atoms with Gasteiger partial charge in [0, 0.05) is 24.8 Å². The van der Waals surface area contributed by atoms with Gasteiger partial charge in [-0.05, 0) is 13.3 Å². The Labute approximate surface area is 145 Å². The quantitative estimate of drug-likeness (QED) is 0.851. The van der Waals surface area contributed by atoms with Crippen LogP contribution in [0.2, 0.25) is 0 Å². The number of hydrogen-bond donors (Lipinski definition) is 1. The van der Waals surface area contributed by atoms with Crippen molar-refractivity contribution in [3.8, 4) is 11.3 Å². The van der Waals surface area contributed by atoms with Crippen LogP contribution in [-0.2, 0) is 20.9 Å². The molecule has 25 heavy (non-hydrogen) atoms. The van der Waals surface area contributed by atoms with Gasteiger partial charge in [-0.25, -0.2) is 0 Å². The SMILES string of the molecule is Cc1c(CNC(=O)C(=O)N(C)C2CCOC2)noc1-c1ccccc1. The van der Waals surface area contributed by atoms with Gasteiger partial charge in [0.1, 0.15) is 5.69 Å². The maximum Gasteiger partial charge on any atom is 0.311 e. The first kappa shape index (κ1) is 17.2. The van der Waals surface area contributed by atoms with Crippen LogP contribution in [0.15, 0.2) is 34.9 Å². The summed E-state index contributed by atoms with van der Waals surface area (Å²) in [7, 11) is 1.62. The van der Waals surface area contributed by atoms with Gasteiger partial charge in [0.05, 0.1) is 19.2 Å². The highest BCUT2D eigenvalue weighted by Crippen LogP contribution is 2.25. The molecule has 2 amide bonds. The molecule has 1 aliphatic rings. The van der Waals surface area contributed by atoms with Gasteiger partial charge in [-0.1, -0.05) is 35.5 Å². The zero-order valence-corrected chi connectivity index (χ0v) is 14.3. The van der Waals surface area contributed by atoms with Crippen LogP contribution >= 0.6 is 0 Å². The topological polar surface area (TPSA) is 84.7 Å². The number of aromatic nitrogens is 1. The Balaban J connectivity index is 1.61. The van der Waals surface area contributed by atoms with Crippen molar-refractivity contribution >= 4 is 11.8 Å². The lowest BCUT2D eigenvalue weighted by molar-refractivity contribution is -0.146. The van der Waals surface area contributed by atoms with Gasteiger partial charge in [0.15, 0.2) is 5.76 Å². The van der Waals surface area contributed by atoms with E-state index in [1.54, 1.807) is 7.05 Å². The van der Waals surface area contributed by atoms with Crippen molar-refractivity contribution in [3.05, 3.63) is 41.6 Å². The molecule has 1 unspecified atom stereocenters. The number of carbonyl (C=O) groups is 2. The average molecular weight is 343 g/mol. The second-order valence-electron chi connectivity index (χ2n) is 6.07. The van der Waals surface area contributed by atoms with Crippen molar-refractivity contribution in [1.82, 2.24) is 15.4 Å². The summed E-state index contributed by atoms with van der Waals surface area (Å²) in [6.45, 7) is 3.11. The standard InChI is InChI=1S/C18H21N3O4/c1-12-15(20-25-16(12)13-6-4-3-5-7-13)10-19-17(22)18(23)21(2)14-8-9-24-11-14/h3-7,14H,8-11H2,1-2H3,(H,19,22). The lowest BCUT2D eigenvalue weighted by atomic mass is 10.1. The Morgan fingerprint density at radius 3 is 2.76 bits per heavy atom. The van der Waals surface area contributed by atoms with E-state index in [4.69, 9.17) is 9.26 Å². The molecule has 2 aromatic rings. The van der Waals surface area contributed by atoms with Crippen molar-refractivity contribution in [1.29, 1.82) is 0 Å². The number of likely N-dealkylation sites (N-methyl/N-ethyl adjacent to an activating group) is 1. The monoisotopic (exact) mass is 343 g/mol. The van der Waals surface area contributed by atoms with E-state index in [0.717, 1.165) is 17.5 Å². The van der Waals surface area contributed by atoms with E-state index in [9.17, 15) is 9.59 Å². The second kappa shape index (κ2) is 7.48. The molecule has 1 fully saturated rings. The number of carbonyl (C=O) groups excluding carboxylic acids is 2. The van der Waals surface area contributed by atoms with Crippen molar-refractivity contribution in [3.63, 3.8) is 0 Å². The summed E-state index contributed by atoms with van der Waals surface area (Å²) < 4.78 is 10.6. The molecular weight excluding hydrogens is 322 g/mol. The molecule has 0 saturated carbocycles. The summed E-state index contributed by atoms with van der Waals surface area (Å²) in [6.07, 6.45) is 0.748. The number of rotatable bonds is 4. The van der Waals surface area contributed by atoms with E-state index in [1.807, 2.05) is 37.3 Å². The largest absolute Gasteiger partial charge is 0.379 e. The van der Waals surface area contributed by atoms with Gasteiger partial charge in [-0.15, -0.1) is 0 Å². The van der Waals surface area contributed by atoms with Gasteiger partial charge in [-0.3, -0.25) is 9.59 Å². The summed E-state index contributed by atoms with van der Waals surface area (Å²) in [5.41, 5.74) is 2.37. The number of amides is 2. The fourth-order valence-corrected chi connectivity index (χ4v) is 2.79. The van der Waals surface area contributed by atoms with E-state index in [2.05, 4.69) is 10.5 Å². The van der Waals surface area contributed by atoms with Crippen molar-refractivity contribution < 1.29 is 18.8 Å². The van der Waals surface area contributed by atoms with Crippen LogP contribution < -0.4 is 5.32 Å². The van der Waals surface area contributed by atoms with Crippen molar-refractivity contribution in [2.75, 3.05) is 20.3 Å². The smallest absolute Gasteiger partial charge is 0.311 e. The molecule has 132 valence electrons. The van der Waals surface area contributed by atoms with Crippen molar-refractivity contribution in [2.45, 2.75) is 25.9 Å². The molecule has 0 aliphatic carbocycles. The van der Waals surface area contributed by atoms with Gasteiger partial charge in [-0.2, -0.15) is 0 Å². The highest BCUT2D eigenvalue weighted by Gasteiger charge is 2.28. The summed E-state index contributed by atoms with van der Waals surface area (Å²) in [5, 5.41) is 6.63. The number of benzene rings is 1. The van der Waals surface area contributed by atoms with Crippen LogP contribution in [0.5, 0.6) is 0 Å².